The summed E-state index contributed by atoms with van der Waals surface area (Å²) in [6.07, 6.45) is 6.37. The number of carbonyl (C=O) groups excluding carboxylic acids is 2. The summed E-state index contributed by atoms with van der Waals surface area (Å²) >= 11 is 0. The average Bonchev–Trinajstić information content (AvgIpc) is 3.71. The summed E-state index contributed by atoms with van der Waals surface area (Å²) in [5.74, 6) is -0.529. The van der Waals surface area contributed by atoms with Crippen LogP contribution in [0.25, 0.3) is 11.0 Å². The van der Waals surface area contributed by atoms with Crippen molar-refractivity contribution in [2.75, 3.05) is 31.2 Å². The van der Waals surface area contributed by atoms with E-state index in [2.05, 4.69) is 15.6 Å². The maximum absolute atomic E-state index is 14.2. The van der Waals surface area contributed by atoms with E-state index >= 15 is 0 Å². The normalized spacial score (nSPS) is 17.5. The first kappa shape index (κ1) is 29.0. The van der Waals surface area contributed by atoms with E-state index in [-0.39, 0.29) is 42.2 Å². The molecule has 13 heteroatoms. The van der Waals surface area contributed by atoms with Gasteiger partial charge in [-0.05, 0) is 61.4 Å². The lowest BCUT2D eigenvalue weighted by Crippen LogP contribution is -2.48. The van der Waals surface area contributed by atoms with Crippen LogP contribution in [0.3, 0.4) is 0 Å². The van der Waals surface area contributed by atoms with Crippen LogP contribution in [0.2, 0.25) is 0 Å². The molecular formula is C30H34N6O6S. The first-order valence-electron chi connectivity index (χ1n) is 14.5. The number of rotatable bonds is 9. The van der Waals surface area contributed by atoms with Crippen LogP contribution >= 0.6 is 0 Å². The zero-order valence-electron chi connectivity index (χ0n) is 23.7. The van der Waals surface area contributed by atoms with E-state index in [1.807, 2.05) is 18.2 Å². The maximum atomic E-state index is 14.2. The molecule has 226 valence electrons. The topological polar surface area (TPSA) is 140 Å². The fraction of sp³-hybridized carbons (Fsp3) is 0.400. The number of para-hydroxylation sites is 1. The molecule has 2 aliphatic rings. The number of benzene rings is 2. The number of fused-ring (bicyclic) bond motifs is 1. The number of morpholine rings is 1. The molecule has 1 saturated heterocycles. The largest absolute Gasteiger partial charge is 0.467 e. The van der Waals surface area contributed by atoms with Gasteiger partial charge in [-0.25, -0.2) is 13.1 Å². The number of hydrogen-bond acceptors (Lipinski definition) is 8. The predicted octanol–water partition coefficient (Wildman–Crippen LogP) is 3.27. The van der Waals surface area contributed by atoms with Crippen molar-refractivity contribution < 1.29 is 27.2 Å². The lowest BCUT2D eigenvalue weighted by atomic mass is 9.95. The van der Waals surface area contributed by atoms with E-state index in [0.717, 1.165) is 32.1 Å². The summed E-state index contributed by atoms with van der Waals surface area (Å²) in [6, 6.07) is 15.5. The van der Waals surface area contributed by atoms with Crippen molar-refractivity contribution in [3.8, 4) is 0 Å². The number of amides is 2. The molecule has 2 aromatic heterocycles. The molecule has 0 bridgehead atoms. The summed E-state index contributed by atoms with van der Waals surface area (Å²) < 4.78 is 40.5. The summed E-state index contributed by atoms with van der Waals surface area (Å²) in [4.78, 5) is 29.6. The fourth-order valence-corrected chi connectivity index (χ4v) is 7.15. The van der Waals surface area contributed by atoms with Gasteiger partial charge in [-0.15, -0.1) is 5.10 Å². The standard InChI is InChI=1S/C30H34N6O6S/c37-28(21-35-26-10-5-4-9-25(26)32-33-35)36(23-12-14-24(15-13-23)43(39,40)34-16-19-41-20-17-34)29(27-11-6-18-42-27)30(38)31-22-7-2-1-3-8-22/h4-6,9-15,18,22,29H,1-3,7-8,16-17,19-21H2,(H,31,38). The number of hydrogen-bond donors (Lipinski definition) is 1. The van der Waals surface area contributed by atoms with Gasteiger partial charge in [-0.3, -0.25) is 14.5 Å². The van der Waals surface area contributed by atoms with Crippen LogP contribution < -0.4 is 10.2 Å². The van der Waals surface area contributed by atoms with Crippen molar-refractivity contribution in [1.29, 1.82) is 0 Å². The Balaban J connectivity index is 1.37. The smallest absolute Gasteiger partial charge is 0.251 e. The molecule has 2 aromatic carbocycles. The molecule has 1 N–H and O–H groups in total. The number of nitrogens with zero attached hydrogens (tertiary/aromatic N) is 5. The Bertz CT molecular complexity index is 1660. The van der Waals surface area contributed by atoms with Gasteiger partial charge >= 0.3 is 0 Å². The molecule has 1 atom stereocenters. The van der Waals surface area contributed by atoms with E-state index in [0.29, 0.717) is 29.9 Å². The minimum absolute atomic E-state index is 0.00374. The monoisotopic (exact) mass is 606 g/mol. The highest BCUT2D eigenvalue weighted by molar-refractivity contribution is 7.89. The van der Waals surface area contributed by atoms with E-state index in [4.69, 9.17) is 9.15 Å². The van der Waals surface area contributed by atoms with Crippen LogP contribution in [0, 0.1) is 0 Å². The summed E-state index contributed by atoms with van der Waals surface area (Å²) in [7, 11) is -3.76. The zero-order chi connectivity index (χ0) is 29.8. The van der Waals surface area contributed by atoms with Gasteiger partial charge in [0.1, 0.15) is 17.8 Å². The second kappa shape index (κ2) is 12.7. The molecule has 1 saturated carbocycles. The van der Waals surface area contributed by atoms with E-state index in [1.165, 1.54) is 32.3 Å². The predicted molar refractivity (Wildman–Crippen MR) is 157 cm³/mol. The molecule has 0 spiro atoms. The summed E-state index contributed by atoms with van der Waals surface area (Å²) in [6.45, 7) is 0.988. The minimum atomic E-state index is -3.76. The van der Waals surface area contributed by atoms with Crippen molar-refractivity contribution in [1.82, 2.24) is 24.6 Å². The molecular weight excluding hydrogens is 572 g/mol. The zero-order valence-corrected chi connectivity index (χ0v) is 24.5. The van der Waals surface area contributed by atoms with Gasteiger partial charge in [0.05, 0.1) is 29.9 Å². The first-order valence-corrected chi connectivity index (χ1v) is 16.0. The van der Waals surface area contributed by atoms with Crippen molar-refractivity contribution >= 4 is 38.6 Å². The van der Waals surface area contributed by atoms with Gasteiger partial charge in [0, 0.05) is 24.8 Å². The van der Waals surface area contributed by atoms with Crippen molar-refractivity contribution in [3.63, 3.8) is 0 Å². The van der Waals surface area contributed by atoms with Crippen LogP contribution in [0.5, 0.6) is 0 Å². The Kier molecular flexibility index (Phi) is 8.54. The molecule has 2 amide bonds. The highest BCUT2D eigenvalue weighted by atomic mass is 32.2. The number of aromatic nitrogens is 3. The quantitative estimate of drug-likeness (QED) is 0.306. The number of carbonyl (C=O) groups is 2. The molecule has 2 fully saturated rings. The molecule has 3 heterocycles. The van der Waals surface area contributed by atoms with Crippen LogP contribution in [-0.4, -0.2) is 71.9 Å². The van der Waals surface area contributed by atoms with Crippen molar-refractivity contribution in [3.05, 3.63) is 72.7 Å². The highest BCUT2D eigenvalue weighted by Gasteiger charge is 2.37. The van der Waals surface area contributed by atoms with Gasteiger partial charge in [-0.1, -0.05) is 36.6 Å². The molecule has 12 nitrogen and oxygen atoms in total. The molecule has 43 heavy (non-hydrogen) atoms. The SMILES string of the molecule is O=C(NC1CCCCC1)C(c1ccco1)N(C(=O)Cn1nnc2ccccc21)c1ccc(S(=O)(=O)N2CCOCC2)cc1. The summed E-state index contributed by atoms with van der Waals surface area (Å²) in [5.41, 5.74) is 1.65. The highest BCUT2D eigenvalue weighted by Crippen LogP contribution is 2.31. The Labute approximate surface area is 249 Å². The van der Waals surface area contributed by atoms with Gasteiger partial charge < -0.3 is 14.5 Å². The lowest BCUT2D eigenvalue weighted by molar-refractivity contribution is -0.128. The number of sulfonamides is 1. The van der Waals surface area contributed by atoms with Crippen LogP contribution in [-0.2, 0) is 30.9 Å². The van der Waals surface area contributed by atoms with Gasteiger partial charge in [0.2, 0.25) is 15.9 Å². The van der Waals surface area contributed by atoms with E-state index < -0.39 is 22.0 Å². The Morgan fingerprint density at radius 2 is 1.72 bits per heavy atom. The lowest BCUT2D eigenvalue weighted by Gasteiger charge is -2.32. The summed E-state index contributed by atoms with van der Waals surface area (Å²) in [5, 5.41) is 11.5. The maximum Gasteiger partial charge on any atom is 0.251 e. The van der Waals surface area contributed by atoms with E-state index in [9.17, 15) is 18.0 Å². The minimum Gasteiger partial charge on any atom is -0.467 e. The first-order chi connectivity index (χ1) is 20.9. The van der Waals surface area contributed by atoms with Gasteiger partial charge in [0.25, 0.3) is 5.91 Å². The number of ether oxygens (including phenoxy) is 1. The molecule has 6 rings (SSSR count). The number of anilines is 1. The molecule has 1 aliphatic heterocycles. The van der Waals surface area contributed by atoms with Gasteiger partial charge in [0.15, 0.2) is 6.04 Å². The third-order valence-electron chi connectivity index (χ3n) is 7.97. The van der Waals surface area contributed by atoms with Crippen molar-refractivity contribution in [2.45, 2.75) is 55.6 Å². The molecule has 1 aliphatic carbocycles. The van der Waals surface area contributed by atoms with E-state index in [1.54, 1.807) is 30.3 Å². The van der Waals surface area contributed by atoms with Gasteiger partial charge in [-0.2, -0.15) is 4.31 Å². The second-order valence-electron chi connectivity index (χ2n) is 10.8. The number of nitrogens with one attached hydrogen (secondary N) is 1. The third-order valence-corrected chi connectivity index (χ3v) is 9.88. The van der Waals surface area contributed by atoms with Crippen LogP contribution in [0.4, 0.5) is 5.69 Å². The Morgan fingerprint density at radius 1 is 0.977 bits per heavy atom. The Morgan fingerprint density at radius 3 is 2.44 bits per heavy atom. The van der Waals surface area contributed by atoms with Crippen molar-refractivity contribution in [2.24, 2.45) is 0 Å². The molecule has 4 aromatic rings. The fourth-order valence-electron chi connectivity index (χ4n) is 5.74. The average molecular weight is 607 g/mol. The molecule has 1 unspecified atom stereocenters. The Hall–Kier alpha value is -4.07. The van der Waals surface area contributed by atoms with Crippen LogP contribution in [0.15, 0.2) is 76.2 Å². The molecule has 0 radical (unpaired) electrons. The number of furan rings is 1. The third kappa shape index (κ3) is 6.19. The van der Waals surface area contributed by atoms with Crippen LogP contribution in [0.1, 0.15) is 43.9 Å². The second-order valence-corrected chi connectivity index (χ2v) is 12.7.